The van der Waals surface area contributed by atoms with E-state index in [0.717, 1.165) is 30.0 Å². The molecule has 1 atom stereocenters. The summed E-state index contributed by atoms with van der Waals surface area (Å²) in [6.07, 6.45) is 2.08. The predicted octanol–water partition coefficient (Wildman–Crippen LogP) is 3.85. The van der Waals surface area contributed by atoms with Crippen LogP contribution in [0.3, 0.4) is 0 Å². The molecule has 2 nitrogen and oxygen atoms in total. The van der Waals surface area contributed by atoms with Crippen LogP contribution in [0.5, 0.6) is 0 Å². The summed E-state index contributed by atoms with van der Waals surface area (Å²) in [6.45, 7) is 7.73. The molecule has 1 aromatic rings. The summed E-state index contributed by atoms with van der Waals surface area (Å²) in [5, 5.41) is 0.755. The molecule has 0 saturated heterocycles. The van der Waals surface area contributed by atoms with E-state index in [1.165, 1.54) is 0 Å². The third-order valence-corrected chi connectivity index (χ3v) is 4.19. The molecule has 3 heteroatoms. The second-order valence-corrected chi connectivity index (χ2v) is 5.97. The van der Waals surface area contributed by atoms with Crippen molar-refractivity contribution in [1.29, 1.82) is 0 Å². The predicted molar refractivity (Wildman–Crippen MR) is 80.0 cm³/mol. The van der Waals surface area contributed by atoms with Gasteiger partial charge in [0.25, 0.3) is 0 Å². The molecule has 1 aromatic carbocycles. The fraction of sp³-hybridized carbons (Fsp3) is 0.600. The topological polar surface area (TPSA) is 29.3 Å². The number of hydrogen-bond acceptors (Lipinski definition) is 2. The molecule has 2 N–H and O–H groups in total. The first-order valence-electron chi connectivity index (χ1n) is 6.59. The van der Waals surface area contributed by atoms with E-state index >= 15 is 0 Å². The maximum atomic E-state index is 6.21. The Kier molecular flexibility index (Phi) is 5.64. The van der Waals surface area contributed by atoms with Crippen molar-refractivity contribution in [3.63, 3.8) is 0 Å². The maximum Gasteiger partial charge on any atom is 0.0409 e. The van der Waals surface area contributed by atoms with Crippen LogP contribution in [0.25, 0.3) is 0 Å². The summed E-state index contributed by atoms with van der Waals surface area (Å²) in [5.74, 6) is 0. The third-order valence-electron chi connectivity index (χ3n) is 3.95. The summed E-state index contributed by atoms with van der Waals surface area (Å²) < 4.78 is 0. The van der Waals surface area contributed by atoms with E-state index in [-0.39, 0.29) is 11.6 Å². The van der Waals surface area contributed by atoms with Crippen LogP contribution in [-0.4, -0.2) is 24.0 Å². The van der Waals surface area contributed by atoms with Gasteiger partial charge in [-0.1, -0.05) is 30.7 Å². The number of hydrogen-bond donors (Lipinski definition) is 1. The number of nitrogens with zero attached hydrogens (tertiary/aromatic N) is 1. The van der Waals surface area contributed by atoms with Gasteiger partial charge in [0, 0.05) is 23.1 Å². The van der Waals surface area contributed by atoms with Crippen molar-refractivity contribution < 1.29 is 0 Å². The van der Waals surface area contributed by atoms with Crippen molar-refractivity contribution in [3.8, 4) is 0 Å². The van der Waals surface area contributed by atoms with Crippen LogP contribution in [0.1, 0.15) is 45.2 Å². The fourth-order valence-electron chi connectivity index (χ4n) is 1.81. The van der Waals surface area contributed by atoms with Gasteiger partial charge in [0.05, 0.1) is 0 Å². The standard InChI is InChI=1S/C15H25ClN2/c1-5-15(2,3)18(4)10-9-14(17)12-7-6-8-13(16)11-12/h6-8,11,14H,5,9-10,17H2,1-4H3. The second-order valence-electron chi connectivity index (χ2n) is 5.54. The molecule has 102 valence electrons. The first-order chi connectivity index (χ1) is 8.36. The molecule has 18 heavy (non-hydrogen) atoms. The lowest BCUT2D eigenvalue weighted by Gasteiger charge is -2.35. The number of nitrogens with two attached hydrogens (primary N) is 1. The molecule has 0 saturated carbocycles. The van der Waals surface area contributed by atoms with E-state index < -0.39 is 0 Å². The molecule has 0 amide bonds. The van der Waals surface area contributed by atoms with Gasteiger partial charge in [0.1, 0.15) is 0 Å². The van der Waals surface area contributed by atoms with Crippen molar-refractivity contribution >= 4 is 11.6 Å². The van der Waals surface area contributed by atoms with E-state index in [4.69, 9.17) is 17.3 Å². The molecule has 0 aliphatic rings. The molecule has 1 rings (SSSR count). The molecule has 0 fully saturated rings. The molecule has 0 bridgehead atoms. The lowest BCUT2D eigenvalue weighted by atomic mass is 9.98. The van der Waals surface area contributed by atoms with E-state index in [2.05, 4.69) is 32.7 Å². The highest BCUT2D eigenvalue weighted by molar-refractivity contribution is 6.30. The Hall–Kier alpha value is -0.570. The zero-order valence-corrected chi connectivity index (χ0v) is 12.7. The van der Waals surface area contributed by atoms with Crippen LogP contribution in [0.2, 0.25) is 5.02 Å². The zero-order valence-electron chi connectivity index (χ0n) is 11.9. The van der Waals surface area contributed by atoms with E-state index in [0.29, 0.717) is 0 Å². The summed E-state index contributed by atoms with van der Waals surface area (Å²) in [4.78, 5) is 2.37. The average Bonchev–Trinajstić information content (AvgIpc) is 2.35. The molecule has 0 radical (unpaired) electrons. The molecule has 0 spiro atoms. The van der Waals surface area contributed by atoms with E-state index in [9.17, 15) is 0 Å². The maximum absolute atomic E-state index is 6.21. The van der Waals surface area contributed by atoms with Crippen molar-refractivity contribution in [1.82, 2.24) is 4.90 Å². The number of halogens is 1. The van der Waals surface area contributed by atoms with Crippen molar-refractivity contribution in [2.24, 2.45) is 5.73 Å². The quantitative estimate of drug-likeness (QED) is 0.849. The van der Waals surface area contributed by atoms with Gasteiger partial charge in [0.15, 0.2) is 0 Å². The first-order valence-corrected chi connectivity index (χ1v) is 6.97. The van der Waals surface area contributed by atoms with Crippen molar-refractivity contribution in [3.05, 3.63) is 34.9 Å². The Balaban J connectivity index is 2.54. The third kappa shape index (κ3) is 4.27. The van der Waals surface area contributed by atoms with E-state index in [1.54, 1.807) is 0 Å². The Bertz CT molecular complexity index is 377. The number of benzene rings is 1. The van der Waals surface area contributed by atoms with E-state index in [1.807, 2.05) is 24.3 Å². The highest BCUT2D eigenvalue weighted by atomic mass is 35.5. The van der Waals surface area contributed by atoms with Crippen LogP contribution in [0.15, 0.2) is 24.3 Å². The average molecular weight is 269 g/mol. The van der Waals surface area contributed by atoms with Crippen LogP contribution < -0.4 is 5.73 Å². The first kappa shape index (κ1) is 15.5. The Morgan fingerprint density at radius 1 is 1.39 bits per heavy atom. The Morgan fingerprint density at radius 3 is 2.61 bits per heavy atom. The van der Waals surface area contributed by atoms with Gasteiger partial charge < -0.3 is 10.6 Å². The Labute approximate surface area is 116 Å². The minimum Gasteiger partial charge on any atom is -0.324 e. The minimum absolute atomic E-state index is 0.0545. The van der Waals surface area contributed by atoms with Crippen molar-refractivity contribution in [2.45, 2.75) is 45.2 Å². The summed E-state index contributed by atoms with van der Waals surface area (Å²) in [7, 11) is 2.16. The summed E-state index contributed by atoms with van der Waals surface area (Å²) in [6, 6.07) is 7.89. The van der Waals surface area contributed by atoms with Crippen molar-refractivity contribution in [2.75, 3.05) is 13.6 Å². The summed E-state index contributed by atoms with van der Waals surface area (Å²) in [5.41, 5.74) is 7.56. The smallest absolute Gasteiger partial charge is 0.0409 e. The fourth-order valence-corrected chi connectivity index (χ4v) is 2.01. The zero-order chi connectivity index (χ0) is 13.8. The molecule has 0 aliphatic carbocycles. The highest BCUT2D eigenvalue weighted by Gasteiger charge is 2.21. The molecule has 1 unspecified atom stereocenters. The summed E-state index contributed by atoms with van der Waals surface area (Å²) >= 11 is 5.98. The van der Waals surface area contributed by atoms with Gasteiger partial charge in [-0.15, -0.1) is 0 Å². The number of rotatable bonds is 6. The van der Waals surface area contributed by atoms with Crippen LogP contribution in [0.4, 0.5) is 0 Å². The monoisotopic (exact) mass is 268 g/mol. The largest absolute Gasteiger partial charge is 0.324 e. The van der Waals surface area contributed by atoms with Gasteiger partial charge in [0.2, 0.25) is 0 Å². The van der Waals surface area contributed by atoms with Gasteiger partial charge >= 0.3 is 0 Å². The molecular formula is C15H25ClN2. The van der Waals surface area contributed by atoms with Gasteiger partial charge in [-0.25, -0.2) is 0 Å². The normalized spacial score (nSPS) is 13.9. The molecule has 0 heterocycles. The molecule has 0 aliphatic heterocycles. The second kappa shape index (κ2) is 6.55. The van der Waals surface area contributed by atoms with Gasteiger partial charge in [-0.2, -0.15) is 0 Å². The molecular weight excluding hydrogens is 244 g/mol. The minimum atomic E-state index is 0.0545. The Morgan fingerprint density at radius 2 is 2.06 bits per heavy atom. The molecule has 0 aromatic heterocycles. The lowest BCUT2D eigenvalue weighted by Crippen LogP contribution is -2.41. The lowest BCUT2D eigenvalue weighted by molar-refractivity contribution is 0.146. The highest BCUT2D eigenvalue weighted by Crippen LogP contribution is 2.21. The van der Waals surface area contributed by atoms with Gasteiger partial charge in [-0.05, 0) is 51.4 Å². The van der Waals surface area contributed by atoms with Crippen LogP contribution in [-0.2, 0) is 0 Å². The SMILES string of the molecule is CCC(C)(C)N(C)CCC(N)c1cccc(Cl)c1. The van der Waals surface area contributed by atoms with Crippen LogP contribution >= 0.6 is 11.6 Å². The van der Waals surface area contributed by atoms with Gasteiger partial charge in [-0.3, -0.25) is 0 Å². The van der Waals surface area contributed by atoms with Crippen LogP contribution in [0, 0.1) is 0 Å².